The second-order valence-corrected chi connectivity index (χ2v) is 7.75. The van der Waals surface area contributed by atoms with Crippen LogP contribution in [0.4, 0.5) is 10.5 Å². The van der Waals surface area contributed by atoms with E-state index in [1.807, 2.05) is 31.5 Å². The van der Waals surface area contributed by atoms with Gasteiger partial charge in [0.05, 0.1) is 17.4 Å². The Labute approximate surface area is 162 Å². The monoisotopic (exact) mass is 385 g/mol. The summed E-state index contributed by atoms with van der Waals surface area (Å²) in [7, 11) is 0. The Morgan fingerprint density at radius 2 is 2.18 bits per heavy atom. The van der Waals surface area contributed by atoms with E-state index in [1.54, 1.807) is 12.3 Å². The molecule has 1 saturated heterocycles. The fraction of sp³-hybridized carbons (Fsp3) is 0.474. The Kier molecular flexibility index (Phi) is 4.76. The number of hydrogen-bond acceptors (Lipinski definition) is 7. The molecule has 1 aliphatic heterocycles. The Morgan fingerprint density at radius 1 is 1.32 bits per heavy atom. The maximum atomic E-state index is 12.3. The molecule has 1 N–H and O–H groups in total. The number of amides is 1. The van der Waals surface area contributed by atoms with Gasteiger partial charge in [-0.1, -0.05) is 5.16 Å². The minimum atomic E-state index is -0.603. The van der Waals surface area contributed by atoms with E-state index in [1.165, 1.54) is 6.39 Å². The third-order valence-corrected chi connectivity index (χ3v) is 4.40. The van der Waals surface area contributed by atoms with E-state index < -0.39 is 11.7 Å². The first-order chi connectivity index (χ1) is 13.4. The summed E-state index contributed by atoms with van der Waals surface area (Å²) in [6, 6.07) is 3.70. The molecule has 0 bridgehead atoms. The third-order valence-electron chi connectivity index (χ3n) is 4.40. The van der Waals surface area contributed by atoms with Gasteiger partial charge < -0.3 is 14.0 Å². The summed E-state index contributed by atoms with van der Waals surface area (Å²) in [6.07, 6.45) is 5.33. The number of benzene rings is 1. The van der Waals surface area contributed by atoms with E-state index in [9.17, 15) is 4.79 Å². The molecule has 1 amide bonds. The zero-order valence-corrected chi connectivity index (χ0v) is 16.1. The van der Waals surface area contributed by atoms with Gasteiger partial charge in [0, 0.05) is 17.6 Å². The van der Waals surface area contributed by atoms with Crippen LogP contribution in [-0.2, 0) is 9.47 Å². The molecule has 1 fully saturated rings. The normalized spacial score (nSPS) is 17.6. The molecule has 1 unspecified atom stereocenters. The van der Waals surface area contributed by atoms with Crippen molar-refractivity contribution in [3.05, 3.63) is 24.7 Å². The maximum absolute atomic E-state index is 12.3. The van der Waals surface area contributed by atoms with Crippen LogP contribution in [0, 0.1) is 0 Å². The molecule has 0 radical (unpaired) electrons. The van der Waals surface area contributed by atoms with E-state index in [0.717, 1.165) is 30.2 Å². The summed E-state index contributed by atoms with van der Waals surface area (Å²) in [6.45, 7) is 6.16. The second-order valence-electron chi connectivity index (χ2n) is 7.75. The highest BCUT2D eigenvalue weighted by Gasteiger charge is 2.22. The van der Waals surface area contributed by atoms with Crippen molar-refractivity contribution in [2.75, 3.05) is 11.9 Å². The predicted molar refractivity (Wildman–Crippen MR) is 102 cm³/mol. The van der Waals surface area contributed by atoms with Gasteiger partial charge in [0.1, 0.15) is 5.60 Å². The third kappa shape index (κ3) is 3.84. The summed E-state index contributed by atoms with van der Waals surface area (Å²) in [5.41, 5.74) is 1.48. The van der Waals surface area contributed by atoms with Crippen molar-refractivity contribution in [1.29, 1.82) is 0 Å². The van der Waals surface area contributed by atoms with Crippen LogP contribution in [0.1, 0.15) is 46.3 Å². The van der Waals surface area contributed by atoms with Gasteiger partial charge in [0.25, 0.3) is 0 Å². The molecule has 2 aromatic heterocycles. The molecule has 3 heterocycles. The van der Waals surface area contributed by atoms with Crippen LogP contribution in [0.2, 0.25) is 0 Å². The van der Waals surface area contributed by atoms with Crippen molar-refractivity contribution in [3.63, 3.8) is 0 Å². The maximum Gasteiger partial charge on any atom is 0.412 e. The minimum Gasteiger partial charge on any atom is -0.444 e. The number of rotatable bonds is 3. The van der Waals surface area contributed by atoms with E-state index in [-0.39, 0.29) is 6.23 Å². The predicted octanol–water partition coefficient (Wildman–Crippen LogP) is 4.13. The number of nitrogens with zero attached hydrogens (tertiary/aromatic N) is 4. The minimum absolute atomic E-state index is 0.138. The van der Waals surface area contributed by atoms with Gasteiger partial charge in [-0.15, -0.1) is 0 Å². The van der Waals surface area contributed by atoms with E-state index in [0.29, 0.717) is 23.7 Å². The van der Waals surface area contributed by atoms with E-state index >= 15 is 0 Å². The summed E-state index contributed by atoms with van der Waals surface area (Å²) < 4.78 is 18.0. The van der Waals surface area contributed by atoms with Crippen LogP contribution in [0.25, 0.3) is 22.3 Å². The number of ether oxygens (including phenoxy) is 2. The average Bonchev–Trinajstić information content (AvgIpc) is 3.30. The fourth-order valence-corrected chi connectivity index (χ4v) is 3.24. The van der Waals surface area contributed by atoms with E-state index in [4.69, 9.17) is 14.0 Å². The summed E-state index contributed by atoms with van der Waals surface area (Å²) in [5, 5.41) is 12.0. The summed E-state index contributed by atoms with van der Waals surface area (Å²) >= 11 is 0. The Hall–Kier alpha value is -2.94. The first kappa shape index (κ1) is 18.4. The van der Waals surface area contributed by atoms with Gasteiger partial charge in [-0.05, 0) is 52.2 Å². The number of carbonyl (C=O) groups is 1. The number of aromatic nitrogens is 4. The molecule has 3 aromatic rings. The molecule has 0 aliphatic carbocycles. The topological polar surface area (TPSA) is 104 Å². The van der Waals surface area contributed by atoms with E-state index in [2.05, 4.69) is 20.6 Å². The number of nitrogens with one attached hydrogen (secondary N) is 1. The Bertz CT molecular complexity index is 968. The van der Waals surface area contributed by atoms with Gasteiger partial charge >= 0.3 is 6.09 Å². The molecule has 4 rings (SSSR count). The van der Waals surface area contributed by atoms with Crippen molar-refractivity contribution < 1.29 is 18.8 Å². The Morgan fingerprint density at radius 3 is 2.86 bits per heavy atom. The second kappa shape index (κ2) is 7.23. The zero-order chi connectivity index (χ0) is 19.7. The molecule has 1 atom stereocenters. The van der Waals surface area contributed by atoms with Crippen LogP contribution in [-0.4, -0.2) is 38.2 Å². The lowest BCUT2D eigenvalue weighted by Gasteiger charge is -2.23. The molecule has 28 heavy (non-hydrogen) atoms. The lowest BCUT2D eigenvalue weighted by molar-refractivity contribution is -0.0366. The highest BCUT2D eigenvalue weighted by Crippen LogP contribution is 2.33. The molecule has 148 valence electrons. The molecular formula is C19H23N5O4. The van der Waals surface area contributed by atoms with Crippen LogP contribution in [0.5, 0.6) is 0 Å². The summed E-state index contributed by atoms with van der Waals surface area (Å²) in [5.74, 6) is 0.423. The smallest absolute Gasteiger partial charge is 0.412 e. The highest BCUT2D eigenvalue weighted by molar-refractivity contribution is 6.01. The SMILES string of the molecule is CC(C)(C)OC(=O)Nc1cc(-c2ncon2)cc2c1cnn2C1CCCCO1. The molecule has 1 aromatic carbocycles. The number of hydrogen-bond donors (Lipinski definition) is 1. The van der Waals surface area contributed by atoms with Crippen molar-refractivity contribution in [3.8, 4) is 11.4 Å². The van der Waals surface area contributed by atoms with Crippen LogP contribution >= 0.6 is 0 Å². The van der Waals surface area contributed by atoms with Crippen LogP contribution < -0.4 is 5.32 Å². The van der Waals surface area contributed by atoms with Crippen molar-refractivity contribution in [1.82, 2.24) is 19.9 Å². The quantitative estimate of drug-likeness (QED) is 0.722. The largest absolute Gasteiger partial charge is 0.444 e. The molecule has 1 aliphatic rings. The summed E-state index contributed by atoms with van der Waals surface area (Å²) in [4.78, 5) is 16.5. The Balaban J connectivity index is 1.76. The van der Waals surface area contributed by atoms with Gasteiger partial charge in [-0.25, -0.2) is 9.48 Å². The molecular weight excluding hydrogens is 362 g/mol. The number of carbonyl (C=O) groups excluding carboxylic acids is 1. The van der Waals surface area contributed by atoms with Gasteiger partial charge in [0.2, 0.25) is 12.2 Å². The van der Waals surface area contributed by atoms with Crippen LogP contribution in [0.15, 0.2) is 29.2 Å². The van der Waals surface area contributed by atoms with Gasteiger partial charge in [0.15, 0.2) is 6.23 Å². The lowest BCUT2D eigenvalue weighted by atomic mass is 10.1. The van der Waals surface area contributed by atoms with Crippen molar-refractivity contribution in [2.45, 2.75) is 51.9 Å². The number of anilines is 1. The first-order valence-electron chi connectivity index (χ1n) is 9.30. The molecule has 9 nitrogen and oxygen atoms in total. The fourth-order valence-electron chi connectivity index (χ4n) is 3.24. The molecule has 9 heteroatoms. The lowest BCUT2D eigenvalue weighted by Crippen LogP contribution is -2.27. The van der Waals surface area contributed by atoms with Crippen LogP contribution in [0.3, 0.4) is 0 Å². The average molecular weight is 385 g/mol. The molecule has 0 saturated carbocycles. The zero-order valence-electron chi connectivity index (χ0n) is 16.1. The molecule has 0 spiro atoms. The first-order valence-corrected chi connectivity index (χ1v) is 9.30. The standard InChI is InChI=1S/C19H23N5O4/c1-19(2,3)28-18(25)22-14-8-12(17-20-11-27-23-17)9-15-13(14)10-21-24(15)16-6-4-5-7-26-16/h8-11,16H,4-7H2,1-3H3,(H,22,25). The highest BCUT2D eigenvalue weighted by atomic mass is 16.6. The van der Waals surface area contributed by atoms with Gasteiger partial charge in [-0.2, -0.15) is 10.1 Å². The van der Waals surface area contributed by atoms with Crippen molar-refractivity contribution >= 4 is 22.7 Å². The van der Waals surface area contributed by atoms with Crippen molar-refractivity contribution in [2.24, 2.45) is 0 Å². The van der Waals surface area contributed by atoms with Gasteiger partial charge in [-0.3, -0.25) is 5.32 Å². The number of fused-ring (bicyclic) bond motifs is 1.